The normalized spacial score (nSPS) is 10.5. The first-order valence-corrected chi connectivity index (χ1v) is 10.8. The number of rotatable bonds is 20. The summed E-state index contributed by atoms with van der Waals surface area (Å²) in [6, 6.07) is 0. The number of hydrogen-bond acceptors (Lipinski definition) is 9. The molecule has 0 heterocycles. The van der Waals surface area contributed by atoms with E-state index in [-0.39, 0.29) is 64.6 Å². The Hall–Kier alpha value is -3.18. The highest BCUT2D eigenvalue weighted by molar-refractivity contribution is 5.71. The van der Waals surface area contributed by atoms with E-state index in [4.69, 9.17) is 29.5 Å². The van der Waals surface area contributed by atoms with E-state index in [1.165, 1.54) is 0 Å². The van der Waals surface area contributed by atoms with Crippen LogP contribution in [0.5, 0.6) is 0 Å². The molecule has 0 aromatic rings. The van der Waals surface area contributed by atoms with E-state index < -0.39 is 41.9 Å². The van der Waals surface area contributed by atoms with Gasteiger partial charge in [0, 0.05) is 38.5 Å². The molecule has 0 atom stereocenters. The van der Waals surface area contributed by atoms with Gasteiger partial charge in [-0.2, -0.15) is 0 Å². The maximum absolute atomic E-state index is 12.0. The average Bonchev–Trinajstić information content (AvgIpc) is 2.73. The van der Waals surface area contributed by atoms with Crippen molar-refractivity contribution in [1.29, 1.82) is 0 Å². The molecule has 0 fully saturated rings. The second kappa shape index (κ2) is 18.4. The van der Waals surface area contributed by atoms with E-state index in [1.54, 1.807) is 0 Å². The molecule has 0 aliphatic rings. The molecule has 188 valence electrons. The largest absolute Gasteiger partial charge is 0.481 e. The molecule has 0 spiro atoms. The zero-order chi connectivity index (χ0) is 25.1. The van der Waals surface area contributed by atoms with Gasteiger partial charge in [-0.25, -0.2) is 0 Å². The molecule has 0 rings (SSSR count). The summed E-state index contributed by atoms with van der Waals surface area (Å²) in [5.41, 5.74) is 0. The lowest BCUT2D eigenvalue weighted by Crippen LogP contribution is -2.30. The van der Waals surface area contributed by atoms with Crippen molar-refractivity contribution >= 4 is 35.8 Å². The number of carbonyl (C=O) groups is 6. The number of unbranched alkanes of at least 4 members (excludes halogenated alkanes) is 3. The highest BCUT2D eigenvalue weighted by Gasteiger charge is 2.19. The van der Waals surface area contributed by atoms with Crippen LogP contribution < -0.4 is 0 Å². The highest BCUT2D eigenvalue weighted by atomic mass is 16.6. The SMILES string of the molecule is O=C(O)CCCCC(=O)OCC(COC(=O)CCCCC(=O)O)OC(=O)CCCCC(=O)O. The molecule has 33 heavy (non-hydrogen) atoms. The molecule has 12 nitrogen and oxygen atoms in total. The second-order valence-electron chi connectivity index (χ2n) is 7.28. The number of carboxylic acid groups (broad SMARTS) is 3. The minimum Gasteiger partial charge on any atom is -0.481 e. The Bertz CT molecular complexity index is 620. The number of aliphatic carboxylic acids is 3. The molecule has 0 unspecified atom stereocenters. The first kappa shape index (κ1) is 29.8. The standard InChI is InChI=1S/C21H32O12/c22-16(23)7-1-4-10-19(28)31-13-15(33-21(30)12-6-3-9-18(26)27)14-32-20(29)11-5-2-8-17(24)25/h15H,1-14H2,(H,22,23)(H,24,25)(H,26,27). The van der Waals surface area contributed by atoms with Gasteiger partial charge in [0.05, 0.1) is 0 Å². The van der Waals surface area contributed by atoms with Crippen LogP contribution in [-0.4, -0.2) is 70.5 Å². The van der Waals surface area contributed by atoms with Gasteiger partial charge in [0.15, 0.2) is 6.10 Å². The van der Waals surface area contributed by atoms with Gasteiger partial charge < -0.3 is 29.5 Å². The summed E-state index contributed by atoms with van der Waals surface area (Å²) in [5.74, 6) is -4.83. The highest BCUT2D eigenvalue weighted by Crippen LogP contribution is 2.08. The molecule has 12 heteroatoms. The van der Waals surface area contributed by atoms with Gasteiger partial charge in [0.2, 0.25) is 0 Å². The van der Waals surface area contributed by atoms with Crippen molar-refractivity contribution in [2.75, 3.05) is 13.2 Å². The van der Waals surface area contributed by atoms with Crippen molar-refractivity contribution in [3.05, 3.63) is 0 Å². The molecule has 0 bridgehead atoms. The number of esters is 3. The Morgan fingerprint density at radius 3 is 1.12 bits per heavy atom. The zero-order valence-corrected chi connectivity index (χ0v) is 18.5. The first-order chi connectivity index (χ1) is 15.6. The van der Waals surface area contributed by atoms with Crippen molar-refractivity contribution in [2.45, 2.75) is 83.2 Å². The fourth-order valence-corrected chi connectivity index (χ4v) is 2.51. The quantitative estimate of drug-likeness (QED) is 0.132. The third-order valence-corrected chi connectivity index (χ3v) is 4.22. The van der Waals surface area contributed by atoms with E-state index in [0.717, 1.165) is 0 Å². The molecule has 0 aliphatic carbocycles. The molecular formula is C21H32O12. The summed E-state index contributed by atoms with van der Waals surface area (Å²) in [5, 5.41) is 25.8. The maximum Gasteiger partial charge on any atom is 0.306 e. The number of ether oxygens (including phenoxy) is 3. The zero-order valence-electron chi connectivity index (χ0n) is 18.5. The van der Waals surface area contributed by atoms with Crippen molar-refractivity contribution in [1.82, 2.24) is 0 Å². The third-order valence-electron chi connectivity index (χ3n) is 4.22. The molecule has 0 aliphatic heterocycles. The van der Waals surface area contributed by atoms with Crippen LogP contribution in [0.1, 0.15) is 77.0 Å². The molecule has 0 saturated carbocycles. The summed E-state index contributed by atoms with van der Waals surface area (Å²) in [4.78, 5) is 67.0. The lowest BCUT2D eigenvalue weighted by molar-refractivity contribution is -0.167. The molecule has 0 aromatic heterocycles. The van der Waals surface area contributed by atoms with Crippen LogP contribution in [-0.2, 0) is 43.0 Å². The van der Waals surface area contributed by atoms with Crippen molar-refractivity contribution in [3.8, 4) is 0 Å². The summed E-state index contributed by atoms with van der Waals surface area (Å²) < 4.78 is 15.2. The molecule has 3 N–H and O–H groups in total. The lowest BCUT2D eigenvalue weighted by Gasteiger charge is -2.18. The van der Waals surface area contributed by atoms with Crippen molar-refractivity contribution in [2.24, 2.45) is 0 Å². The van der Waals surface area contributed by atoms with Crippen LogP contribution in [0, 0.1) is 0 Å². The number of carboxylic acids is 3. The van der Waals surface area contributed by atoms with Gasteiger partial charge in [-0.3, -0.25) is 28.8 Å². The Labute approximate surface area is 191 Å². The Morgan fingerprint density at radius 2 is 0.788 bits per heavy atom. The smallest absolute Gasteiger partial charge is 0.306 e. The van der Waals surface area contributed by atoms with Gasteiger partial charge in [-0.15, -0.1) is 0 Å². The van der Waals surface area contributed by atoms with E-state index >= 15 is 0 Å². The van der Waals surface area contributed by atoms with Crippen LogP contribution in [0.25, 0.3) is 0 Å². The van der Waals surface area contributed by atoms with Crippen LogP contribution in [0.4, 0.5) is 0 Å². The fourth-order valence-electron chi connectivity index (χ4n) is 2.51. The third kappa shape index (κ3) is 20.5. The summed E-state index contributed by atoms with van der Waals surface area (Å²) in [6.45, 7) is -0.740. The van der Waals surface area contributed by atoms with E-state index in [1.807, 2.05) is 0 Å². The lowest BCUT2D eigenvalue weighted by atomic mass is 10.2. The molecule has 0 saturated heterocycles. The summed E-state index contributed by atoms with van der Waals surface area (Å²) >= 11 is 0. The Morgan fingerprint density at radius 1 is 0.485 bits per heavy atom. The van der Waals surface area contributed by atoms with E-state index in [0.29, 0.717) is 25.7 Å². The number of hydrogen-bond donors (Lipinski definition) is 3. The minimum absolute atomic E-state index is 0.0213. The van der Waals surface area contributed by atoms with E-state index in [2.05, 4.69) is 0 Å². The molecule has 0 aromatic carbocycles. The summed E-state index contributed by atoms with van der Waals surface area (Å²) in [7, 11) is 0. The van der Waals surface area contributed by atoms with Crippen LogP contribution in [0.15, 0.2) is 0 Å². The monoisotopic (exact) mass is 476 g/mol. The topological polar surface area (TPSA) is 191 Å². The predicted octanol–water partition coefficient (Wildman–Crippen LogP) is 1.92. The fraction of sp³-hybridized carbons (Fsp3) is 0.714. The first-order valence-electron chi connectivity index (χ1n) is 10.8. The minimum atomic E-state index is -1.07. The van der Waals surface area contributed by atoms with Crippen LogP contribution >= 0.6 is 0 Å². The number of carbonyl (C=O) groups excluding carboxylic acids is 3. The van der Waals surface area contributed by atoms with Gasteiger partial charge >= 0.3 is 35.8 Å². The molecular weight excluding hydrogens is 444 g/mol. The van der Waals surface area contributed by atoms with Crippen LogP contribution in [0.2, 0.25) is 0 Å². The van der Waals surface area contributed by atoms with Gasteiger partial charge in [-0.05, 0) is 38.5 Å². The van der Waals surface area contributed by atoms with E-state index in [9.17, 15) is 28.8 Å². The summed E-state index contributed by atoms with van der Waals surface area (Å²) in [6.07, 6.45) is 0.395. The maximum atomic E-state index is 12.0. The molecule has 0 amide bonds. The van der Waals surface area contributed by atoms with Crippen molar-refractivity contribution in [3.63, 3.8) is 0 Å². The van der Waals surface area contributed by atoms with Crippen LogP contribution in [0.3, 0.4) is 0 Å². The van der Waals surface area contributed by atoms with Gasteiger partial charge in [-0.1, -0.05) is 0 Å². The molecule has 0 radical (unpaired) electrons. The van der Waals surface area contributed by atoms with Gasteiger partial charge in [0.25, 0.3) is 0 Å². The van der Waals surface area contributed by atoms with Gasteiger partial charge in [0.1, 0.15) is 13.2 Å². The predicted molar refractivity (Wildman–Crippen MR) is 110 cm³/mol. The average molecular weight is 476 g/mol. The Kier molecular flexibility index (Phi) is 16.6. The van der Waals surface area contributed by atoms with Crippen molar-refractivity contribution < 1.29 is 58.3 Å². The second-order valence-corrected chi connectivity index (χ2v) is 7.28. The Balaban J connectivity index is 4.49.